The topological polar surface area (TPSA) is 132 Å². The molecule has 1 saturated heterocycles. The quantitative estimate of drug-likeness (QED) is 0.540. The summed E-state index contributed by atoms with van der Waals surface area (Å²) in [5.41, 5.74) is 6.84. The number of amides is 3. The molecule has 3 amide bonds. The molecule has 10 heteroatoms. The maximum atomic E-state index is 13.0. The third kappa shape index (κ3) is 4.69. The van der Waals surface area contributed by atoms with Crippen LogP contribution in [0.5, 0.6) is 0 Å². The van der Waals surface area contributed by atoms with Gasteiger partial charge in [-0.25, -0.2) is 4.79 Å². The molecule has 1 aliphatic heterocycles. The molecule has 0 unspecified atom stereocenters. The third-order valence-corrected chi connectivity index (χ3v) is 4.54. The van der Waals surface area contributed by atoms with Crippen molar-refractivity contribution in [3.05, 3.63) is 66.0 Å². The molecule has 3 atom stereocenters. The summed E-state index contributed by atoms with van der Waals surface area (Å²) in [6.45, 7) is 2.39. The van der Waals surface area contributed by atoms with E-state index in [9.17, 15) is 19.2 Å². The molecule has 1 aromatic carbocycles. The van der Waals surface area contributed by atoms with Gasteiger partial charge in [0.1, 0.15) is 12.5 Å². The molecule has 3 rings (SSSR count). The number of rotatable bonds is 6. The average Bonchev–Trinajstić information content (AvgIpc) is 2.76. The van der Waals surface area contributed by atoms with Crippen LogP contribution in [0.4, 0.5) is 4.79 Å². The van der Waals surface area contributed by atoms with Gasteiger partial charge in [0.05, 0.1) is 6.04 Å². The second-order valence-electron chi connectivity index (χ2n) is 6.93. The van der Waals surface area contributed by atoms with Gasteiger partial charge in [-0.3, -0.25) is 19.4 Å². The first-order chi connectivity index (χ1) is 14.8. The molecule has 2 aromatic rings. The molecule has 1 fully saturated rings. The van der Waals surface area contributed by atoms with Crippen molar-refractivity contribution in [1.82, 2.24) is 15.0 Å². The van der Waals surface area contributed by atoms with Crippen molar-refractivity contribution < 1.29 is 28.7 Å². The van der Waals surface area contributed by atoms with Crippen LogP contribution < -0.4 is 5.73 Å². The van der Waals surface area contributed by atoms with Crippen molar-refractivity contribution in [3.8, 4) is 0 Å². The van der Waals surface area contributed by atoms with Crippen molar-refractivity contribution in [3.63, 3.8) is 0 Å². The van der Waals surface area contributed by atoms with Gasteiger partial charge in [0, 0.05) is 19.3 Å². The molecule has 0 radical (unpaired) electrons. The fourth-order valence-corrected chi connectivity index (χ4v) is 3.07. The monoisotopic (exact) mass is 426 g/mol. The number of pyridine rings is 1. The molecule has 0 bridgehead atoms. The Bertz CT molecular complexity index is 966. The smallest absolute Gasteiger partial charge is 0.436 e. The zero-order chi connectivity index (χ0) is 22.5. The molecule has 0 spiro atoms. The molecule has 0 saturated carbocycles. The van der Waals surface area contributed by atoms with E-state index in [-0.39, 0.29) is 6.61 Å². The van der Waals surface area contributed by atoms with Crippen molar-refractivity contribution in [2.75, 3.05) is 0 Å². The molecule has 1 aromatic heterocycles. The lowest BCUT2D eigenvalue weighted by Crippen LogP contribution is -2.70. The lowest BCUT2D eigenvalue weighted by atomic mass is 9.90. The summed E-state index contributed by atoms with van der Waals surface area (Å²) in [4.78, 5) is 54.1. The Labute approximate surface area is 178 Å². The highest BCUT2D eigenvalue weighted by atomic mass is 16.6. The van der Waals surface area contributed by atoms with Gasteiger partial charge in [-0.1, -0.05) is 36.4 Å². The van der Waals surface area contributed by atoms with Crippen molar-refractivity contribution in [2.45, 2.75) is 38.6 Å². The van der Waals surface area contributed by atoms with Crippen LogP contribution in [0.25, 0.3) is 0 Å². The van der Waals surface area contributed by atoms with E-state index in [1.165, 1.54) is 19.3 Å². The Hall–Kier alpha value is -3.79. The van der Waals surface area contributed by atoms with E-state index in [0.29, 0.717) is 16.1 Å². The van der Waals surface area contributed by atoms with Crippen LogP contribution in [-0.4, -0.2) is 51.1 Å². The van der Waals surface area contributed by atoms with E-state index in [4.69, 9.17) is 15.2 Å². The summed E-state index contributed by atoms with van der Waals surface area (Å²) in [5, 5.41) is 1.26. The SMILES string of the molecule is CC(=O)O[C@H]1[C@H](c2cccnc2)C(=O)N1N(C(=O)OCc1ccccc1)C(=O)[C@H](C)N. The first kappa shape index (κ1) is 21.9. The van der Waals surface area contributed by atoms with Gasteiger partial charge in [-0.15, -0.1) is 5.01 Å². The van der Waals surface area contributed by atoms with Crippen LogP contribution in [0.1, 0.15) is 30.9 Å². The van der Waals surface area contributed by atoms with E-state index >= 15 is 0 Å². The minimum Gasteiger partial charge on any atom is -0.443 e. The summed E-state index contributed by atoms with van der Waals surface area (Å²) in [7, 11) is 0. The minimum atomic E-state index is -1.24. The number of benzene rings is 1. The Morgan fingerprint density at radius 1 is 1.19 bits per heavy atom. The number of β-lactam (4-membered cyclic amide) rings is 1. The number of hydrazine groups is 1. The van der Waals surface area contributed by atoms with Crippen LogP contribution in [0, 0.1) is 0 Å². The van der Waals surface area contributed by atoms with Crippen LogP contribution in [0.3, 0.4) is 0 Å². The van der Waals surface area contributed by atoms with Crippen LogP contribution >= 0.6 is 0 Å². The third-order valence-electron chi connectivity index (χ3n) is 4.54. The molecular weight excluding hydrogens is 404 g/mol. The first-order valence-electron chi connectivity index (χ1n) is 9.51. The van der Waals surface area contributed by atoms with Gasteiger partial charge in [-0.05, 0) is 24.1 Å². The number of nitrogens with zero attached hydrogens (tertiary/aromatic N) is 3. The molecule has 31 heavy (non-hydrogen) atoms. The summed E-state index contributed by atoms with van der Waals surface area (Å²) in [6.07, 6.45) is 0.627. The highest BCUT2D eigenvalue weighted by molar-refractivity contribution is 6.00. The second kappa shape index (κ2) is 9.35. The van der Waals surface area contributed by atoms with Crippen LogP contribution in [0.15, 0.2) is 54.9 Å². The van der Waals surface area contributed by atoms with Gasteiger partial charge in [0.15, 0.2) is 0 Å². The summed E-state index contributed by atoms with van der Waals surface area (Å²) >= 11 is 0. The molecule has 162 valence electrons. The number of nitrogens with two attached hydrogens (primary N) is 1. The van der Waals surface area contributed by atoms with E-state index in [1.54, 1.807) is 42.5 Å². The summed E-state index contributed by atoms with van der Waals surface area (Å²) in [6, 6.07) is 10.9. The lowest BCUT2D eigenvalue weighted by Gasteiger charge is -2.48. The Kier molecular flexibility index (Phi) is 6.61. The van der Waals surface area contributed by atoms with Crippen molar-refractivity contribution >= 4 is 23.9 Å². The molecule has 0 aliphatic carbocycles. The van der Waals surface area contributed by atoms with E-state index < -0.39 is 42.1 Å². The molecule has 2 heterocycles. The Morgan fingerprint density at radius 3 is 2.48 bits per heavy atom. The molecular formula is C21H22N4O6. The van der Waals surface area contributed by atoms with Gasteiger partial charge in [0.25, 0.3) is 11.8 Å². The zero-order valence-electron chi connectivity index (χ0n) is 17.0. The molecule has 10 nitrogen and oxygen atoms in total. The zero-order valence-corrected chi connectivity index (χ0v) is 17.0. The maximum absolute atomic E-state index is 13.0. The fraction of sp³-hybridized carbons (Fsp3) is 0.286. The minimum absolute atomic E-state index is 0.130. The van der Waals surface area contributed by atoms with Crippen molar-refractivity contribution in [1.29, 1.82) is 0 Å². The number of esters is 1. The van der Waals surface area contributed by atoms with Gasteiger partial charge < -0.3 is 15.2 Å². The van der Waals surface area contributed by atoms with Gasteiger partial charge >= 0.3 is 12.1 Å². The predicted molar refractivity (Wildman–Crippen MR) is 107 cm³/mol. The second-order valence-corrected chi connectivity index (χ2v) is 6.93. The number of carbonyl (C=O) groups is 4. The van der Waals surface area contributed by atoms with E-state index in [1.807, 2.05) is 0 Å². The van der Waals surface area contributed by atoms with E-state index in [2.05, 4.69) is 4.98 Å². The van der Waals surface area contributed by atoms with Crippen molar-refractivity contribution in [2.24, 2.45) is 5.73 Å². The number of hydrogen-bond acceptors (Lipinski definition) is 8. The van der Waals surface area contributed by atoms with E-state index in [0.717, 1.165) is 11.9 Å². The van der Waals surface area contributed by atoms with Crippen LogP contribution in [0.2, 0.25) is 0 Å². The van der Waals surface area contributed by atoms with Gasteiger partial charge in [0.2, 0.25) is 6.23 Å². The van der Waals surface area contributed by atoms with Crippen LogP contribution in [-0.2, 0) is 30.5 Å². The fourth-order valence-electron chi connectivity index (χ4n) is 3.07. The number of imide groups is 1. The highest BCUT2D eigenvalue weighted by Crippen LogP contribution is 2.38. The first-order valence-corrected chi connectivity index (χ1v) is 9.51. The highest BCUT2D eigenvalue weighted by Gasteiger charge is 2.57. The normalized spacial score (nSPS) is 18.5. The maximum Gasteiger partial charge on any atom is 0.436 e. The summed E-state index contributed by atoms with van der Waals surface area (Å²) in [5.74, 6) is -3.14. The predicted octanol–water partition coefficient (Wildman–Crippen LogP) is 1.32. The standard InChI is InChI=1S/C21H22N4O6/c1-13(22)18(27)25(21(29)30-12-15-7-4-3-5-8-15)24-19(28)17(20(24)31-14(2)26)16-9-6-10-23-11-16/h3-11,13,17,20H,12,22H2,1-2H3/t13-,17+,20-/m0/s1. The summed E-state index contributed by atoms with van der Waals surface area (Å²) < 4.78 is 10.5. The van der Waals surface area contributed by atoms with Gasteiger partial charge in [-0.2, -0.15) is 5.01 Å². The lowest BCUT2D eigenvalue weighted by molar-refractivity contribution is -0.222. The number of carbonyl (C=O) groups excluding carboxylic acids is 4. The number of ether oxygens (including phenoxy) is 2. The molecule has 1 aliphatic rings. The Morgan fingerprint density at radius 2 is 1.90 bits per heavy atom. The number of aromatic nitrogens is 1. The largest absolute Gasteiger partial charge is 0.443 e. The number of hydrogen-bond donors (Lipinski definition) is 1. The molecule has 2 N–H and O–H groups in total. The Balaban J connectivity index is 1.88. The average molecular weight is 426 g/mol.